The van der Waals surface area contributed by atoms with Crippen LogP contribution in [0.4, 0.5) is 5.95 Å². The highest BCUT2D eigenvalue weighted by Crippen LogP contribution is 1.93. The number of allylic oxidation sites excluding steroid dienone is 1. The smallest absolute Gasteiger partial charge is 0.223 e. The van der Waals surface area contributed by atoms with Crippen LogP contribution in [-0.4, -0.2) is 20.1 Å². The van der Waals surface area contributed by atoms with E-state index in [9.17, 15) is 0 Å². The molecule has 0 saturated carbocycles. The minimum atomic E-state index is 0.196. The lowest BCUT2D eigenvalue weighted by Crippen LogP contribution is -2.00. The molecule has 0 aliphatic rings. The van der Waals surface area contributed by atoms with Crippen LogP contribution in [0.25, 0.3) is 0 Å². The molecule has 5 nitrogen and oxygen atoms in total. The van der Waals surface area contributed by atoms with Crippen LogP contribution in [0.5, 0.6) is 0 Å². The van der Waals surface area contributed by atoms with E-state index in [1.54, 1.807) is 0 Å². The van der Waals surface area contributed by atoms with Crippen molar-refractivity contribution >= 4 is 5.95 Å². The van der Waals surface area contributed by atoms with Crippen LogP contribution in [-0.2, 0) is 6.42 Å². The summed E-state index contributed by atoms with van der Waals surface area (Å²) in [5.74, 6) is 0.740. The van der Waals surface area contributed by atoms with Gasteiger partial charge in [0.05, 0.1) is 6.26 Å². The van der Waals surface area contributed by atoms with Crippen molar-refractivity contribution in [2.45, 2.75) is 6.42 Å². The maximum atomic E-state index is 8.31. The molecule has 0 aliphatic carbocycles. The van der Waals surface area contributed by atoms with Crippen molar-refractivity contribution < 1.29 is 5.11 Å². The zero-order chi connectivity index (χ0) is 8.10. The Labute approximate surface area is 63.6 Å². The molecule has 1 heterocycles. The summed E-state index contributed by atoms with van der Waals surface area (Å²) >= 11 is 0. The molecule has 0 atom stereocenters. The number of hydrogen-bond donors (Lipinski definition) is 2. The molecule has 0 aromatic carbocycles. The average Bonchev–Trinajstić information content (AvgIpc) is 2.01. The highest BCUT2D eigenvalue weighted by molar-refractivity contribution is 5.13. The molecule has 0 radical (unpaired) electrons. The third-order valence-electron chi connectivity index (χ3n) is 1.05. The predicted molar refractivity (Wildman–Crippen MR) is 39.7 cm³/mol. The summed E-state index contributed by atoms with van der Waals surface area (Å²) in [6.07, 6.45) is 4.26. The van der Waals surface area contributed by atoms with Crippen LogP contribution in [0.15, 0.2) is 18.7 Å². The van der Waals surface area contributed by atoms with E-state index in [2.05, 4.69) is 15.0 Å². The number of aliphatic hydroxyl groups excluding tert-OH is 1. The Hall–Kier alpha value is -1.65. The van der Waals surface area contributed by atoms with E-state index in [4.69, 9.17) is 10.8 Å². The summed E-state index contributed by atoms with van der Waals surface area (Å²) in [6.45, 7) is 0. The van der Waals surface area contributed by atoms with Crippen molar-refractivity contribution in [2.24, 2.45) is 0 Å². The van der Waals surface area contributed by atoms with Gasteiger partial charge in [0.25, 0.3) is 0 Å². The van der Waals surface area contributed by atoms with Crippen LogP contribution in [0.2, 0.25) is 0 Å². The van der Waals surface area contributed by atoms with Crippen molar-refractivity contribution in [3.05, 3.63) is 24.5 Å². The fraction of sp³-hybridized carbons (Fsp3) is 0.167. The first-order valence-electron chi connectivity index (χ1n) is 3.05. The van der Waals surface area contributed by atoms with Gasteiger partial charge in [0, 0.05) is 6.42 Å². The molecule has 0 saturated heterocycles. The molecule has 0 bridgehead atoms. The van der Waals surface area contributed by atoms with Gasteiger partial charge < -0.3 is 10.8 Å². The Morgan fingerprint density at radius 3 is 3.00 bits per heavy atom. The highest BCUT2D eigenvalue weighted by Gasteiger charge is 1.93. The summed E-state index contributed by atoms with van der Waals surface area (Å²) in [4.78, 5) is 11.2. The molecule has 1 aromatic heterocycles. The zero-order valence-electron chi connectivity index (χ0n) is 5.81. The van der Waals surface area contributed by atoms with Gasteiger partial charge in [-0.3, -0.25) is 0 Å². The summed E-state index contributed by atoms with van der Waals surface area (Å²) in [6, 6.07) is 0. The maximum absolute atomic E-state index is 8.31. The number of nitrogens with two attached hydrogens (primary N) is 1. The van der Waals surface area contributed by atoms with Gasteiger partial charge in [-0.2, -0.15) is 4.98 Å². The molecule has 0 fully saturated rings. The largest absolute Gasteiger partial charge is 0.516 e. The SMILES string of the molecule is Nc1ncnc(CC=CO)n1. The quantitative estimate of drug-likeness (QED) is 0.585. The molecule has 0 spiro atoms. The Bertz CT molecular complexity index is 261. The summed E-state index contributed by atoms with van der Waals surface area (Å²) in [5, 5.41) is 8.31. The second kappa shape index (κ2) is 3.50. The molecule has 0 aliphatic heterocycles. The van der Waals surface area contributed by atoms with E-state index < -0.39 is 0 Å². The lowest BCUT2D eigenvalue weighted by molar-refractivity contribution is 0.471. The Morgan fingerprint density at radius 2 is 2.36 bits per heavy atom. The predicted octanol–water partition coefficient (Wildman–Crippen LogP) is 0.0680. The Balaban J connectivity index is 2.71. The van der Waals surface area contributed by atoms with Gasteiger partial charge in [-0.05, 0) is 6.08 Å². The lowest BCUT2D eigenvalue weighted by atomic mass is 10.4. The van der Waals surface area contributed by atoms with E-state index in [0.717, 1.165) is 6.26 Å². The molecule has 0 amide bonds. The van der Waals surface area contributed by atoms with Crippen LogP contribution in [0, 0.1) is 0 Å². The molecular weight excluding hydrogens is 144 g/mol. The summed E-state index contributed by atoms with van der Waals surface area (Å²) in [7, 11) is 0. The number of nitrogen functional groups attached to an aromatic ring is 1. The van der Waals surface area contributed by atoms with Crippen molar-refractivity contribution in [1.29, 1.82) is 0 Å². The molecule has 5 heteroatoms. The second-order valence-electron chi connectivity index (χ2n) is 1.85. The van der Waals surface area contributed by atoms with Gasteiger partial charge in [-0.25, -0.2) is 9.97 Å². The van der Waals surface area contributed by atoms with Gasteiger partial charge in [0.2, 0.25) is 5.95 Å². The topological polar surface area (TPSA) is 84.9 Å². The van der Waals surface area contributed by atoms with Gasteiger partial charge >= 0.3 is 0 Å². The molecule has 1 aromatic rings. The van der Waals surface area contributed by atoms with Gasteiger partial charge in [-0.1, -0.05) is 0 Å². The fourth-order valence-corrected chi connectivity index (χ4v) is 0.601. The van der Waals surface area contributed by atoms with Gasteiger partial charge in [0.15, 0.2) is 0 Å². The zero-order valence-corrected chi connectivity index (χ0v) is 5.81. The van der Waals surface area contributed by atoms with Crippen LogP contribution < -0.4 is 5.73 Å². The molecule has 1 rings (SSSR count). The Morgan fingerprint density at radius 1 is 1.55 bits per heavy atom. The average molecular weight is 152 g/mol. The van der Waals surface area contributed by atoms with Crippen molar-refractivity contribution in [3.8, 4) is 0 Å². The first-order chi connectivity index (χ1) is 5.33. The summed E-state index contributed by atoms with van der Waals surface area (Å²) < 4.78 is 0. The van der Waals surface area contributed by atoms with Crippen LogP contribution in [0.1, 0.15) is 5.82 Å². The molecular formula is C6H8N4O. The van der Waals surface area contributed by atoms with E-state index in [-0.39, 0.29) is 5.95 Å². The third-order valence-corrected chi connectivity index (χ3v) is 1.05. The first-order valence-corrected chi connectivity index (χ1v) is 3.05. The maximum Gasteiger partial charge on any atom is 0.223 e. The van der Waals surface area contributed by atoms with Crippen LogP contribution in [0.3, 0.4) is 0 Å². The molecule has 11 heavy (non-hydrogen) atoms. The van der Waals surface area contributed by atoms with Crippen molar-refractivity contribution in [2.75, 3.05) is 5.73 Å². The van der Waals surface area contributed by atoms with E-state index in [1.165, 1.54) is 12.4 Å². The van der Waals surface area contributed by atoms with Crippen molar-refractivity contribution in [1.82, 2.24) is 15.0 Å². The van der Waals surface area contributed by atoms with E-state index in [1.807, 2.05) is 0 Å². The lowest BCUT2D eigenvalue weighted by Gasteiger charge is -1.93. The number of rotatable bonds is 2. The third kappa shape index (κ3) is 2.21. The van der Waals surface area contributed by atoms with Crippen LogP contribution >= 0.6 is 0 Å². The molecule has 3 N–H and O–H groups in total. The standard InChI is InChI=1S/C6H8N4O/c7-6-9-4-8-5(10-6)2-1-3-11/h1,3-4,11H,2H2,(H2,7,8,9,10). The monoisotopic (exact) mass is 152 g/mol. The second-order valence-corrected chi connectivity index (χ2v) is 1.85. The minimum Gasteiger partial charge on any atom is -0.516 e. The Kier molecular flexibility index (Phi) is 2.37. The minimum absolute atomic E-state index is 0.196. The summed E-state index contributed by atoms with van der Waals surface area (Å²) in [5.41, 5.74) is 5.28. The highest BCUT2D eigenvalue weighted by atomic mass is 16.2. The van der Waals surface area contributed by atoms with Gasteiger partial charge in [0.1, 0.15) is 12.2 Å². The van der Waals surface area contributed by atoms with Crippen molar-refractivity contribution in [3.63, 3.8) is 0 Å². The first kappa shape index (κ1) is 7.46. The number of nitrogens with zero attached hydrogens (tertiary/aromatic N) is 3. The number of anilines is 1. The number of aromatic nitrogens is 3. The van der Waals surface area contributed by atoms with E-state index >= 15 is 0 Å². The molecule has 58 valence electrons. The number of hydrogen-bond acceptors (Lipinski definition) is 5. The normalized spacial score (nSPS) is 10.5. The van der Waals surface area contributed by atoms with E-state index in [0.29, 0.717) is 12.2 Å². The number of aliphatic hydroxyl groups is 1. The molecule has 0 unspecified atom stereocenters. The fourth-order valence-electron chi connectivity index (χ4n) is 0.601. The van der Waals surface area contributed by atoms with Gasteiger partial charge in [-0.15, -0.1) is 0 Å².